The second-order valence-corrected chi connectivity index (χ2v) is 6.77. The van der Waals surface area contributed by atoms with Crippen molar-refractivity contribution in [2.24, 2.45) is 5.92 Å². The van der Waals surface area contributed by atoms with Gasteiger partial charge in [0, 0.05) is 44.1 Å². The van der Waals surface area contributed by atoms with Crippen LogP contribution in [0.5, 0.6) is 0 Å². The van der Waals surface area contributed by atoms with E-state index < -0.39 is 0 Å². The molecule has 0 aromatic carbocycles. The third-order valence-electron chi connectivity index (χ3n) is 4.95. The fraction of sp³-hybridized carbons (Fsp3) is 0.500. The Balaban J connectivity index is 1.55. The highest BCUT2D eigenvalue weighted by atomic mass is 16.2. The minimum absolute atomic E-state index is 0.00141. The smallest absolute Gasteiger partial charge is 0.272 e. The average molecular weight is 325 g/mol. The molecule has 4 rings (SSSR count). The van der Waals surface area contributed by atoms with Gasteiger partial charge in [-0.05, 0) is 38.1 Å². The molecule has 0 N–H and O–H groups in total. The maximum absolute atomic E-state index is 12.9. The Bertz CT molecular complexity index is 692. The number of hydrogen-bond donors (Lipinski definition) is 0. The van der Waals surface area contributed by atoms with E-state index in [0.717, 1.165) is 25.5 Å². The van der Waals surface area contributed by atoms with Crippen molar-refractivity contribution in [1.82, 2.24) is 24.3 Å². The maximum atomic E-state index is 12.9. The molecule has 2 aromatic heterocycles. The molecule has 6 nitrogen and oxygen atoms in total. The molecular weight excluding hydrogens is 302 g/mol. The van der Waals surface area contributed by atoms with Gasteiger partial charge in [0.1, 0.15) is 11.5 Å². The van der Waals surface area contributed by atoms with E-state index in [1.807, 2.05) is 29.4 Å². The first-order valence-electron chi connectivity index (χ1n) is 8.72. The zero-order chi connectivity index (χ0) is 16.4. The Morgan fingerprint density at radius 1 is 1.12 bits per heavy atom. The normalized spacial score (nSPS) is 21.5. The van der Waals surface area contributed by atoms with Crippen molar-refractivity contribution in [1.29, 1.82) is 0 Å². The van der Waals surface area contributed by atoms with Gasteiger partial charge in [-0.2, -0.15) is 0 Å². The van der Waals surface area contributed by atoms with E-state index in [1.54, 1.807) is 12.3 Å². The molecule has 0 radical (unpaired) electrons. The van der Waals surface area contributed by atoms with E-state index in [2.05, 4.69) is 19.4 Å². The number of aromatic nitrogens is 3. The topological polar surface area (TPSA) is 54.3 Å². The monoisotopic (exact) mass is 325 g/mol. The molecule has 1 atom stereocenters. The summed E-state index contributed by atoms with van der Waals surface area (Å²) < 4.78 is 2.20. The van der Waals surface area contributed by atoms with Gasteiger partial charge in [-0.25, -0.2) is 4.98 Å². The number of nitrogens with zero attached hydrogens (tertiary/aromatic N) is 5. The largest absolute Gasteiger partial charge is 0.333 e. The molecular formula is C18H23N5O. The number of carbonyl (C=O) groups is 1. The van der Waals surface area contributed by atoms with Crippen molar-refractivity contribution in [2.45, 2.75) is 25.9 Å². The zero-order valence-corrected chi connectivity index (χ0v) is 13.8. The summed E-state index contributed by atoms with van der Waals surface area (Å²) in [5.74, 6) is 1.38. The van der Waals surface area contributed by atoms with Crippen LogP contribution in [0.25, 0.3) is 0 Å². The highest BCUT2D eigenvalue weighted by molar-refractivity contribution is 5.92. The molecule has 1 fully saturated rings. The highest BCUT2D eigenvalue weighted by Crippen LogP contribution is 2.20. The number of hydrogen-bond acceptors (Lipinski definition) is 4. The van der Waals surface area contributed by atoms with Crippen molar-refractivity contribution in [3.05, 3.63) is 48.3 Å². The molecule has 2 aromatic rings. The first kappa shape index (κ1) is 15.3. The van der Waals surface area contributed by atoms with E-state index >= 15 is 0 Å². The third kappa shape index (κ3) is 3.19. The Labute approximate surface area is 142 Å². The predicted octanol–water partition coefficient (Wildman–Crippen LogP) is 1.65. The molecule has 2 aliphatic heterocycles. The van der Waals surface area contributed by atoms with Crippen LogP contribution in [0.3, 0.4) is 0 Å². The van der Waals surface area contributed by atoms with Gasteiger partial charge in [-0.1, -0.05) is 6.07 Å². The molecule has 126 valence electrons. The van der Waals surface area contributed by atoms with Gasteiger partial charge in [0.05, 0.1) is 6.54 Å². The third-order valence-corrected chi connectivity index (χ3v) is 4.95. The summed E-state index contributed by atoms with van der Waals surface area (Å²) in [5.41, 5.74) is 0.512. The molecule has 0 unspecified atom stereocenters. The van der Waals surface area contributed by atoms with E-state index in [4.69, 9.17) is 0 Å². The fourth-order valence-electron chi connectivity index (χ4n) is 3.79. The number of imidazole rings is 1. The quantitative estimate of drug-likeness (QED) is 0.861. The van der Waals surface area contributed by atoms with Crippen LogP contribution in [0.4, 0.5) is 0 Å². The zero-order valence-electron chi connectivity index (χ0n) is 13.8. The molecule has 0 aliphatic carbocycles. The molecule has 0 bridgehead atoms. The first-order chi connectivity index (χ1) is 11.8. The maximum Gasteiger partial charge on any atom is 0.272 e. The molecule has 2 aliphatic rings. The lowest BCUT2D eigenvalue weighted by Crippen LogP contribution is -2.38. The first-order valence-corrected chi connectivity index (χ1v) is 8.72. The van der Waals surface area contributed by atoms with Crippen molar-refractivity contribution in [3.8, 4) is 0 Å². The van der Waals surface area contributed by atoms with Crippen LogP contribution in [-0.2, 0) is 13.1 Å². The summed E-state index contributed by atoms with van der Waals surface area (Å²) in [6.45, 7) is 5.65. The second kappa shape index (κ2) is 6.73. The van der Waals surface area contributed by atoms with Gasteiger partial charge in [0.2, 0.25) is 0 Å². The van der Waals surface area contributed by atoms with E-state index in [-0.39, 0.29) is 5.91 Å². The minimum Gasteiger partial charge on any atom is -0.333 e. The lowest BCUT2D eigenvalue weighted by atomic mass is 10.1. The summed E-state index contributed by atoms with van der Waals surface area (Å²) >= 11 is 0. The Morgan fingerprint density at radius 3 is 2.79 bits per heavy atom. The van der Waals surface area contributed by atoms with Gasteiger partial charge in [-0.3, -0.25) is 9.78 Å². The Hall–Kier alpha value is -2.21. The molecule has 6 heteroatoms. The molecule has 1 saturated heterocycles. The molecule has 0 spiro atoms. The van der Waals surface area contributed by atoms with Crippen LogP contribution in [0.15, 0.2) is 36.8 Å². The lowest BCUT2D eigenvalue weighted by molar-refractivity contribution is 0.0701. The van der Waals surface area contributed by atoms with Crippen molar-refractivity contribution in [2.75, 3.05) is 26.2 Å². The molecule has 1 amide bonds. The van der Waals surface area contributed by atoms with E-state index in [1.165, 1.54) is 25.9 Å². The molecule has 4 heterocycles. The average Bonchev–Trinajstić information content (AvgIpc) is 3.24. The van der Waals surface area contributed by atoms with E-state index in [0.29, 0.717) is 18.2 Å². The number of rotatable bonds is 3. The van der Waals surface area contributed by atoms with Gasteiger partial charge in [-0.15, -0.1) is 0 Å². The number of likely N-dealkylation sites (tertiary alicyclic amines) is 1. The molecule has 24 heavy (non-hydrogen) atoms. The number of amides is 1. The van der Waals surface area contributed by atoms with Gasteiger partial charge in [0.15, 0.2) is 0 Å². The number of fused-ring (bicyclic) bond motifs is 1. The van der Waals surface area contributed by atoms with Gasteiger partial charge in [0.25, 0.3) is 5.91 Å². The summed E-state index contributed by atoms with van der Waals surface area (Å²) in [4.78, 5) is 26.0. The van der Waals surface area contributed by atoms with Crippen molar-refractivity contribution in [3.63, 3.8) is 0 Å². The Kier molecular flexibility index (Phi) is 4.30. The SMILES string of the molecule is O=C(c1ccccn1)N1Cc2nccn2C[C@H](CN2CCCC2)C1. The predicted molar refractivity (Wildman–Crippen MR) is 90.4 cm³/mol. The molecule has 0 saturated carbocycles. The minimum atomic E-state index is -0.00141. The summed E-state index contributed by atoms with van der Waals surface area (Å²) in [5, 5.41) is 0. The van der Waals surface area contributed by atoms with Crippen LogP contribution in [-0.4, -0.2) is 56.4 Å². The van der Waals surface area contributed by atoms with Crippen molar-refractivity contribution >= 4 is 5.91 Å². The van der Waals surface area contributed by atoms with Crippen molar-refractivity contribution < 1.29 is 4.79 Å². The van der Waals surface area contributed by atoms with Crippen LogP contribution >= 0.6 is 0 Å². The Morgan fingerprint density at radius 2 is 2.00 bits per heavy atom. The second-order valence-electron chi connectivity index (χ2n) is 6.77. The standard InChI is InChI=1S/C18H23N5O/c24-18(16-5-1-2-6-19-16)23-13-15(11-21-8-3-4-9-21)12-22-10-7-20-17(22)14-23/h1-2,5-7,10,15H,3-4,8-9,11-14H2/t15-/m0/s1. The fourth-order valence-corrected chi connectivity index (χ4v) is 3.79. The number of pyridine rings is 1. The van der Waals surface area contributed by atoms with Crippen LogP contribution in [0.2, 0.25) is 0 Å². The number of carbonyl (C=O) groups excluding carboxylic acids is 1. The highest BCUT2D eigenvalue weighted by Gasteiger charge is 2.28. The van der Waals surface area contributed by atoms with Gasteiger partial charge >= 0.3 is 0 Å². The van der Waals surface area contributed by atoms with Crippen LogP contribution in [0.1, 0.15) is 29.2 Å². The van der Waals surface area contributed by atoms with E-state index in [9.17, 15) is 4.79 Å². The summed E-state index contributed by atoms with van der Waals surface area (Å²) in [6, 6.07) is 5.48. The lowest BCUT2D eigenvalue weighted by Gasteiger charge is -2.27. The summed E-state index contributed by atoms with van der Waals surface area (Å²) in [6.07, 6.45) is 8.12. The van der Waals surface area contributed by atoms with Gasteiger partial charge < -0.3 is 14.4 Å². The van der Waals surface area contributed by atoms with Crippen LogP contribution in [0, 0.1) is 5.92 Å². The summed E-state index contributed by atoms with van der Waals surface area (Å²) in [7, 11) is 0. The van der Waals surface area contributed by atoms with Crippen LogP contribution < -0.4 is 0 Å².